The molecular formula is C28H27N5O2. The van der Waals surface area contributed by atoms with Crippen molar-refractivity contribution in [2.45, 2.75) is 25.8 Å². The summed E-state index contributed by atoms with van der Waals surface area (Å²) in [5, 5.41) is 14.6. The summed E-state index contributed by atoms with van der Waals surface area (Å²) in [6, 6.07) is 22.3. The molecule has 3 amide bonds. The van der Waals surface area contributed by atoms with Gasteiger partial charge in [-0.15, -0.1) is 0 Å². The molecule has 1 saturated heterocycles. The van der Waals surface area contributed by atoms with Gasteiger partial charge in [0.15, 0.2) is 0 Å². The number of rotatable bonds is 4. The molecule has 0 saturated carbocycles. The molecule has 0 bridgehead atoms. The zero-order valence-electron chi connectivity index (χ0n) is 19.5. The first-order chi connectivity index (χ1) is 17.1. The third kappa shape index (κ3) is 4.97. The molecule has 7 heteroatoms. The van der Waals surface area contributed by atoms with Crippen molar-refractivity contribution in [3.8, 4) is 6.07 Å². The normalized spacial score (nSPS) is 14.7. The second kappa shape index (κ2) is 9.90. The zero-order valence-corrected chi connectivity index (χ0v) is 19.5. The van der Waals surface area contributed by atoms with E-state index in [2.05, 4.69) is 45.9 Å². The highest BCUT2D eigenvalue weighted by atomic mass is 16.2. The van der Waals surface area contributed by atoms with Crippen molar-refractivity contribution < 1.29 is 9.59 Å². The van der Waals surface area contributed by atoms with Gasteiger partial charge in [-0.05, 0) is 72.9 Å². The number of fused-ring (bicyclic) bond motifs is 1. The van der Waals surface area contributed by atoms with Gasteiger partial charge in [0.05, 0.1) is 17.2 Å². The van der Waals surface area contributed by atoms with E-state index in [1.165, 1.54) is 11.1 Å². The minimum Gasteiger partial charge on any atom is -0.366 e. The van der Waals surface area contributed by atoms with Gasteiger partial charge in [0.2, 0.25) is 0 Å². The van der Waals surface area contributed by atoms with Crippen LogP contribution in [0.2, 0.25) is 0 Å². The Morgan fingerprint density at radius 2 is 1.51 bits per heavy atom. The molecule has 0 atom stereocenters. The highest BCUT2D eigenvalue weighted by molar-refractivity contribution is 6.04. The van der Waals surface area contributed by atoms with Gasteiger partial charge in [0.25, 0.3) is 5.91 Å². The van der Waals surface area contributed by atoms with Crippen LogP contribution in [0.3, 0.4) is 0 Å². The number of nitrogens with one attached hydrogen (secondary N) is 2. The van der Waals surface area contributed by atoms with Crippen LogP contribution in [0.5, 0.6) is 0 Å². The Hall–Kier alpha value is -4.31. The van der Waals surface area contributed by atoms with Crippen LogP contribution in [0, 0.1) is 11.3 Å². The smallest absolute Gasteiger partial charge is 0.323 e. The Bertz CT molecular complexity index is 1290. The van der Waals surface area contributed by atoms with E-state index in [0.29, 0.717) is 22.5 Å². The van der Waals surface area contributed by atoms with Gasteiger partial charge in [-0.3, -0.25) is 4.79 Å². The largest absolute Gasteiger partial charge is 0.366 e. The lowest BCUT2D eigenvalue weighted by Crippen LogP contribution is -2.34. The summed E-state index contributed by atoms with van der Waals surface area (Å²) in [6.45, 7) is 3.11. The Morgan fingerprint density at radius 1 is 0.829 bits per heavy atom. The fraction of sp³-hybridized carbons (Fsp3) is 0.250. The first-order valence-electron chi connectivity index (χ1n) is 11.9. The second-order valence-electron chi connectivity index (χ2n) is 8.94. The first-order valence-corrected chi connectivity index (χ1v) is 11.9. The van der Waals surface area contributed by atoms with Crippen LogP contribution in [-0.4, -0.2) is 36.5 Å². The average molecular weight is 466 g/mol. The van der Waals surface area contributed by atoms with E-state index < -0.39 is 6.03 Å². The number of carbonyl (C=O) groups is 2. The van der Waals surface area contributed by atoms with Crippen LogP contribution in [0.15, 0.2) is 66.7 Å². The average Bonchev–Trinajstić information content (AvgIpc) is 3.43. The fourth-order valence-electron chi connectivity index (χ4n) is 4.77. The van der Waals surface area contributed by atoms with E-state index in [1.807, 2.05) is 17.0 Å². The lowest BCUT2D eigenvalue weighted by Gasteiger charge is -2.33. The quantitative estimate of drug-likeness (QED) is 0.568. The molecule has 3 aromatic rings. The van der Waals surface area contributed by atoms with Crippen molar-refractivity contribution >= 4 is 29.0 Å². The maximum Gasteiger partial charge on any atom is 0.323 e. The van der Waals surface area contributed by atoms with Gasteiger partial charge in [-0.2, -0.15) is 5.26 Å². The van der Waals surface area contributed by atoms with Crippen molar-refractivity contribution in [1.82, 2.24) is 4.90 Å². The summed E-state index contributed by atoms with van der Waals surface area (Å²) in [5.41, 5.74) is 5.81. The topological polar surface area (TPSA) is 88.5 Å². The number of amides is 3. The summed E-state index contributed by atoms with van der Waals surface area (Å²) >= 11 is 0. The van der Waals surface area contributed by atoms with Crippen LogP contribution in [0.25, 0.3) is 0 Å². The molecule has 1 fully saturated rings. The monoisotopic (exact) mass is 465 g/mol. The number of urea groups is 1. The van der Waals surface area contributed by atoms with Crippen molar-refractivity contribution in [2.75, 3.05) is 35.2 Å². The highest BCUT2D eigenvalue weighted by Crippen LogP contribution is 2.31. The minimum atomic E-state index is -0.408. The van der Waals surface area contributed by atoms with Gasteiger partial charge in [0.1, 0.15) is 0 Å². The molecule has 0 aromatic heterocycles. The summed E-state index contributed by atoms with van der Waals surface area (Å²) in [5.74, 6) is 0.00695. The predicted molar refractivity (Wildman–Crippen MR) is 137 cm³/mol. The van der Waals surface area contributed by atoms with Gasteiger partial charge >= 0.3 is 6.03 Å². The molecular weight excluding hydrogens is 438 g/mol. The molecule has 176 valence electrons. The number of benzene rings is 3. The molecule has 2 aliphatic rings. The zero-order chi connectivity index (χ0) is 24.2. The molecule has 0 spiro atoms. The molecule has 0 radical (unpaired) electrons. The fourth-order valence-corrected chi connectivity index (χ4v) is 4.77. The third-order valence-corrected chi connectivity index (χ3v) is 6.62. The van der Waals surface area contributed by atoms with Gasteiger partial charge in [0, 0.05) is 43.2 Å². The Morgan fingerprint density at radius 3 is 2.26 bits per heavy atom. The Kier molecular flexibility index (Phi) is 6.36. The summed E-state index contributed by atoms with van der Waals surface area (Å²) in [6.07, 6.45) is 2.96. The van der Waals surface area contributed by atoms with E-state index in [0.717, 1.165) is 51.1 Å². The van der Waals surface area contributed by atoms with E-state index in [4.69, 9.17) is 5.26 Å². The molecule has 2 N–H and O–H groups in total. The van der Waals surface area contributed by atoms with E-state index >= 15 is 0 Å². The van der Waals surface area contributed by atoms with Crippen LogP contribution >= 0.6 is 0 Å². The number of nitriles is 1. The van der Waals surface area contributed by atoms with Crippen LogP contribution in [0.1, 0.15) is 39.9 Å². The molecule has 7 nitrogen and oxygen atoms in total. The van der Waals surface area contributed by atoms with Gasteiger partial charge in [-0.1, -0.05) is 24.3 Å². The SMILES string of the molecule is N#Cc1ccc(NC(=O)Nc2ccc(N3CCc4ccccc4C3)c(C(=O)N3CCCC3)c2)cc1. The van der Waals surface area contributed by atoms with Crippen molar-refractivity contribution in [3.63, 3.8) is 0 Å². The van der Waals surface area contributed by atoms with E-state index in [1.54, 1.807) is 30.3 Å². The lowest BCUT2D eigenvalue weighted by atomic mass is 9.98. The van der Waals surface area contributed by atoms with Crippen LogP contribution < -0.4 is 15.5 Å². The lowest BCUT2D eigenvalue weighted by molar-refractivity contribution is 0.0793. The number of nitrogens with zero attached hydrogens (tertiary/aromatic N) is 3. The summed E-state index contributed by atoms with van der Waals surface area (Å²) < 4.78 is 0. The maximum absolute atomic E-state index is 13.5. The first kappa shape index (κ1) is 22.5. The number of likely N-dealkylation sites (tertiary alicyclic amines) is 1. The Labute approximate surface area is 205 Å². The maximum atomic E-state index is 13.5. The van der Waals surface area contributed by atoms with Gasteiger partial charge < -0.3 is 20.4 Å². The predicted octanol–water partition coefficient (Wildman–Crippen LogP) is 5.00. The minimum absolute atomic E-state index is 0.00695. The molecule has 0 aliphatic carbocycles. The second-order valence-corrected chi connectivity index (χ2v) is 8.94. The standard InChI is InChI=1S/C28H27N5O2/c29-18-20-7-9-23(10-8-20)30-28(35)31-24-11-12-26(25(17-24)27(34)32-14-3-4-15-32)33-16-13-21-5-1-2-6-22(21)19-33/h1-2,5-12,17H,3-4,13-16,19H2,(H2,30,31,35). The van der Waals surface area contributed by atoms with E-state index in [9.17, 15) is 9.59 Å². The summed E-state index contributed by atoms with van der Waals surface area (Å²) in [7, 11) is 0. The molecule has 2 aliphatic heterocycles. The van der Waals surface area contributed by atoms with E-state index in [-0.39, 0.29) is 5.91 Å². The molecule has 0 unspecified atom stereocenters. The van der Waals surface area contributed by atoms with Crippen molar-refractivity contribution in [3.05, 3.63) is 89.0 Å². The highest BCUT2D eigenvalue weighted by Gasteiger charge is 2.26. The molecule has 3 aromatic carbocycles. The van der Waals surface area contributed by atoms with Crippen LogP contribution in [0.4, 0.5) is 21.9 Å². The summed E-state index contributed by atoms with van der Waals surface area (Å²) in [4.78, 5) is 30.3. The van der Waals surface area contributed by atoms with Crippen molar-refractivity contribution in [2.24, 2.45) is 0 Å². The van der Waals surface area contributed by atoms with Crippen molar-refractivity contribution in [1.29, 1.82) is 5.26 Å². The molecule has 2 heterocycles. The van der Waals surface area contributed by atoms with Gasteiger partial charge in [-0.25, -0.2) is 4.79 Å². The molecule has 35 heavy (non-hydrogen) atoms. The number of carbonyl (C=O) groups excluding carboxylic acids is 2. The number of hydrogen-bond acceptors (Lipinski definition) is 4. The number of hydrogen-bond donors (Lipinski definition) is 2. The third-order valence-electron chi connectivity index (χ3n) is 6.62. The number of anilines is 3. The van der Waals surface area contributed by atoms with Crippen LogP contribution in [-0.2, 0) is 13.0 Å². The Balaban J connectivity index is 1.38. The molecule has 5 rings (SSSR count).